The van der Waals surface area contributed by atoms with Crippen LogP contribution in [-0.4, -0.2) is 46.1 Å². The molecule has 0 saturated carbocycles. The van der Waals surface area contributed by atoms with Gasteiger partial charge in [-0.15, -0.1) is 0 Å². The number of thioether (sulfide) groups is 1. The van der Waals surface area contributed by atoms with Crippen LogP contribution in [0.25, 0.3) is 11.6 Å². The van der Waals surface area contributed by atoms with Crippen LogP contribution in [0.4, 0.5) is 4.39 Å². The van der Waals surface area contributed by atoms with Crippen molar-refractivity contribution in [2.24, 2.45) is 0 Å². The van der Waals surface area contributed by atoms with Crippen LogP contribution < -0.4 is 5.32 Å². The molecule has 34 heavy (non-hydrogen) atoms. The number of benzene rings is 2. The van der Waals surface area contributed by atoms with E-state index < -0.39 is 11.5 Å². The van der Waals surface area contributed by atoms with Crippen LogP contribution >= 0.6 is 11.8 Å². The minimum absolute atomic E-state index is 0.306. The number of amides is 1. The lowest BCUT2D eigenvalue weighted by Crippen LogP contribution is -2.53. The van der Waals surface area contributed by atoms with Crippen LogP contribution in [-0.2, 0) is 16.1 Å². The summed E-state index contributed by atoms with van der Waals surface area (Å²) in [6, 6.07) is 13.4. The highest BCUT2D eigenvalue weighted by Crippen LogP contribution is 2.22. The minimum Gasteiger partial charge on any atom is -0.467 e. The number of esters is 1. The molecule has 1 heterocycles. The molecule has 1 atom stereocenters. The molecule has 1 N–H and O–H groups in total. The second-order valence-electron chi connectivity index (χ2n) is 8.06. The van der Waals surface area contributed by atoms with Gasteiger partial charge < -0.3 is 14.6 Å². The Labute approximate surface area is 203 Å². The second kappa shape index (κ2) is 11.7. The van der Waals surface area contributed by atoms with Gasteiger partial charge in [-0.3, -0.25) is 4.79 Å². The van der Waals surface area contributed by atoms with E-state index in [1.807, 2.05) is 29.2 Å². The van der Waals surface area contributed by atoms with Crippen molar-refractivity contribution < 1.29 is 18.7 Å². The molecule has 0 aliphatic carbocycles. The maximum absolute atomic E-state index is 13.5. The van der Waals surface area contributed by atoms with E-state index in [0.717, 1.165) is 16.7 Å². The van der Waals surface area contributed by atoms with E-state index in [1.165, 1.54) is 19.2 Å². The van der Waals surface area contributed by atoms with Crippen molar-refractivity contribution in [2.75, 3.05) is 19.1 Å². The minimum atomic E-state index is -1.12. The van der Waals surface area contributed by atoms with Crippen molar-refractivity contribution in [3.63, 3.8) is 0 Å². The number of allylic oxidation sites excluding steroid dienone is 1. The van der Waals surface area contributed by atoms with E-state index in [9.17, 15) is 14.0 Å². The topological polar surface area (TPSA) is 73.2 Å². The molecular formula is C26H28FN3O3S. The third kappa shape index (κ3) is 6.57. The SMILES string of the molecule is COC(=O)[C@](C)(CCSC)NC(=O)c1cccc(C=C(Cn2ccnc2)c2ccc(F)cc2)c1. The molecule has 0 fully saturated rings. The number of aromatic nitrogens is 2. The summed E-state index contributed by atoms with van der Waals surface area (Å²) < 4.78 is 20.3. The van der Waals surface area contributed by atoms with Crippen molar-refractivity contribution in [1.82, 2.24) is 14.9 Å². The maximum Gasteiger partial charge on any atom is 0.331 e. The Kier molecular flexibility index (Phi) is 8.65. The number of nitrogens with zero attached hydrogens (tertiary/aromatic N) is 2. The molecule has 0 bridgehead atoms. The molecule has 0 saturated heterocycles. The Balaban J connectivity index is 1.90. The fourth-order valence-corrected chi connectivity index (χ4v) is 4.11. The van der Waals surface area contributed by atoms with E-state index in [2.05, 4.69) is 10.3 Å². The van der Waals surface area contributed by atoms with Gasteiger partial charge in [0.25, 0.3) is 5.91 Å². The zero-order valence-electron chi connectivity index (χ0n) is 19.5. The predicted octanol–water partition coefficient (Wildman–Crippen LogP) is 4.68. The first-order chi connectivity index (χ1) is 16.3. The van der Waals surface area contributed by atoms with Gasteiger partial charge in [0.15, 0.2) is 0 Å². The summed E-state index contributed by atoms with van der Waals surface area (Å²) in [4.78, 5) is 29.5. The molecule has 6 nitrogen and oxygen atoms in total. The van der Waals surface area contributed by atoms with Gasteiger partial charge in [-0.2, -0.15) is 11.8 Å². The highest BCUT2D eigenvalue weighted by Gasteiger charge is 2.35. The maximum atomic E-state index is 13.5. The lowest BCUT2D eigenvalue weighted by atomic mass is 9.97. The van der Waals surface area contributed by atoms with Crippen LogP contribution in [0.1, 0.15) is 34.8 Å². The summed E-state index contributed by atoms with van der Waals surface area (Å²) in [7, 11) is 1.31. The van der Waals surface area contributed by atoms with E-state index in [4.69, 9.17) is 4.74 Å². The number of halogens is 1. The molecule has 0 unspecified atom stereocenters. The van der Waals surface area contributed by atoms with Crippen LogP contribution in [0.2, 0.25) is 0 Å². The normalized spacial score (nSPS) is 13.2. The van der Waals surface area contributed by atoms with Crippen LogP contribution in [0.3, 0.4) is 0 Å². The van der Waals surface area contributed by atoms with Gasteiger partial charge in [0.2, 0.25) is 0 Å². The summed E-state index contributed by atoms with van der Waals surface area (Å²) in [5.74, 6) is -0.448. The molecule has 0 radical (unpaired) electrons. The first kappa shape index (κ1) is 25.2. The summed E-state index contributed by atoms with van der Waals surface area (Å²) in [5, 5.41) is 2.85. The van der Waals surface area contributed by atoms with Crippen LogP contribution in [0, 0.1) is 5.82 Å². The number of carbonyl (C=O) groups is 2. The zero-order chi connectivity index (χ0) is 24.6. The lowest BCUT2D eigenvalue weighted by molar-refractivity contribution is -0.147. The number of imidazole rings is 1. The largest absolute Gasteiger partial charge is 0.467 e. The molecular weight excluding hydrogens is 453 g/mol. The van der Waals surface area contributed by atoms with E-state index in [0.29, 0.717) is 24.3 Å². The van der Waals surface area contributed by atoms with Gasteiger partial charge in [0, 0.05) is 24.5 Å². The molecule has 2 aromatic carbocycles. The highest BCUT2D eigenvalue weighted by atomic mass is 32.2. The molecule has 3 aromatic rings. The van der Waals surface area contributed by atoms with Gasteiger partial charge in [0.1, 0.15) is 11.4 Å². The van der Waals surface area contributed by atoms with Crippen molar-refractivity contribution in [3.8, 4) is 0 Å². The van der Waals surface area contributed by atoms with E-state index in [-0.39, 0.29) is 11.7 Å². The molecule has 0 spiro atoms. The Morgan fingerprint density at radius 2 is 1.97 bits per heavy atom. The molecule has 1 amide bonds. The Morgan fingerprint density at radius 1 is 1.21 bits per heavy atom. The standard InChI is InChI=1S/C26H28FN3O3S/c1-26(11-14-34-3,25(32)33-2)29-24(31)21-6-4-5-19(15-21)16-22(17-30-13-12-28-18-30)20-7-9-23(27)10-8-20/h4-10,12-13,15-16,18H,11,14,17H2,1-3H3,(H,29,31)/t26-/m0/s1. The number of ether oxygens (including phenoxy) is 1. The average Bonchev–Trinajstić information content (AvgIpc) is 3.35. The summed E-state index contributed by atoms with van der Waals surface area (Å²) in [6.45, 7) is 2.20. The second-order valence-corrected chi connectivity index (χ2v) is 9.04. The van der Waals surface area contributed by atoms with Gasteiger partial charge in [-0.25, -0.2) is 14.2 Å². The van der Waals surface area contributed by atoms with Crippen LogP contribution in [0.5, 0.6) is 0 Å². The van der Waals surface area contributed by atoms with E-state index in [1.54, 1.807) is 61.5 Å². The van der Waals surface area contributed by atoms with Gasteiger partial charge in [-0.1, -0.05) is 24.3 Å². The molecule has 3 rings (SSSR count). The number of rotatable bonds is 10. The van der Waals surface area contributed by atoms with Gasteiger partial charge in [0.05, 0.1) is 13.4 Å². The van der Waals surface area contributed by atoms with Gasteiger partial charge >= 0.3 is 5.97 Å². The molecule has 0 aliphatic heterocycles. The highest BCUT2D eigenvalue weighted by molar-refractivity contribution is 7.98. The molecule has 0 aliphatic rings. The Bertz CT molecular complexity index is 1150. The first-order valence-electron chi connectivity index (χ1n) is 10.8. The Hall–Kier alpha value is -3.39. The number of nitrogens with one attached hydrogen (secondary N) is 1. The predicted molar refractivity (Wildman–Crippen MR) is 134 cm³/mol. The fraction of sp³-hybridized carbons (Fsp3) is 0.269. The quantitative estimate of drug-likeness (QED) is 0.336. The molecule has 178 valence electrons. The van der Waals surface area contributed by atoms with Crippen molar-refractivity contribution in [1.29, 1.82) is 0 Å². The fourth-order valence-electron chi connectivity index (χ4n) is 3.50. The first-order valence-corrected chi connectivity index (χ1v) is 12.2. The number of methoxy groups -OCH3 is 1. The van der Waals surface area contributed by atoms with Crippen LogP contribution in [0.15, 0.2) is 67.3 Å². The smallest absolute Gasteiger partial charge is 0.331 e. The summed E-state index contributed by atoms with van der Waals surface area (Å²) >= 11 is 1.59. The number of hydrogen-bond donors (Lipinski definition) is 1. The van der Waals surface area contributed by atoms with Crippen molar-refractivity contribution >= 4 is 35.3 Å². The molecule has 8 heteroatoms. The monoisotopic (exact) mass is 481 g/mol. The van der Waals surface area contributed by atoms with E-state index >= 15 is 0 Å². The van der Waals surface area contributed by atoms with Crippen molar-refractivity contribution in [2.45, 2.75) is 25.4 Å². The molecule has 1 aromatic heterocycles. The lowest BCUT2D eigenvalue weighted by Gasteiger charge is -2.27. The average molecular weight is 482 g/mol. The summed E-state index contributed by atoms with van der Waals surface area (Å²) in [6.07, 6.45) is 9.61. The number of hydrogen-bond acceptors (Lipinski definition) is 5. The third-order valence-corrected chi connectivity index (χ3v) is 6.06. The zero-order valence-corrected chi connectivity index (χ0v) is 20.3. The van der Waals surface area contributed by atoms with Crippen molar-refractivity contribution in [3.05, 3.63) is 89.8 Å². The third-order valence-electron chi connectivity index (χ3n) is 5.45. The summed E-state index contributed by atoms with van der Waals surface area (Å²) in [5.41, 5.74) is 1.89. The Morgan fingerprint density at radius 3 is 2.62 bits per heavy atom. The van der Waals surface area contributed by atoms with Gasteiger partial charge in [-0.05, 0) is 72.4 Å². The number of carbonyl (C=O) groups excluding carboxylic acids is 2.